The smallest absolute Gasteiger partial charge is 0.149 e. The molecule has 0 radical (unpaired) electrons. The van der Waals surface area contributed by atoms with E-state index in [-0.39, 0.29) is 0 Å². The van der Waals surface area contributed by atoms with Gasteiger partial charge in [0, 0.05) is 196 Å². The molecule has 8 saturated heterocycles. The number of rotatable bonds is 26. The van der Waals surface area contributed by atoms with Crippen molar-refractivity contribution in [3.05, 3.63) is 128 Å². The van der Waals surface area contributed by atoms with Crippen LogP contribution in [0.4, 0.5) is 23.3 Å². The molecule has 0 bridgehead atoms. The van der Waals surface area contributed by atoms with Crippen molar-refractivity contribution in [3.8, 4) is 0 Å². The minimum absolute atomic E-state index is 0.333. The molecule has 138 heavy (non-hydrogen) atoms. The van der Waals surface area contributed by atoms with Crippen molar-refractivity contribution in [1.82, 2.24) is 107 Å². The Morgan fingerprint density at radius 1 is 0.348 bits per heavy atom. The molecule has 12 fully saturated rings. The first-order chi connectivity index (χ1) is 67.8. The van der Waals surface area contributed by atoms with E-state index in [1.165, 1.54) is 122 Å². The number of thiophene rings is 2. The molecule has 34 nitrogen and oxygen atoms in total. The Bertz CT molecular complexity index is 5920. The summed E-state index contributed by atoms with van der Waals surface area (Å²) in [5.74, 6) is 8.65. The lowest BCUT2D eigenvalue weighted by Crippen LogP contribution is -2.46. The maximum atomic E-state index is 5.62. The second-order valence-electron chi connectivity index (χ2n) is 40.5. The van der Waals surface area contributed by atoms with Crippen LogP contribution in [0, 0.1) is 19.8 Å². The van der Waals surface area contributed by atoms with E-state index in [1.54, 1.807) is 22.7 Å². The highest BCUT2D eigenvalue weighted by molar-refractivity contribution is 7.17. The lowest BCUT2D eigenvalue weighted by atomic mass is 9.89. The van der Waals surface area contributed by atoms with Crippen molar-refractivity contribution in [1.29, 1.82) is 0 Å². The Kier molecular flexibility index (Phi) is 31.5. The summed E-state index contributed by atoms with van der Waals surface area (Å²) in [6.45, 7) is 31.6. The van der Waals surface area contributed by atoms with E-state index in [0.717, 1.165) is 320 Å². The highest BCUT2D eigenvalue weighted by Crippen LogP contribution is 2.42. The Hall–Kier alpha value is -8.42. The van der Waals surface area contributed by atoms with Gasteiger partial charge in [-0.3, -0.25) is 38.3 Å². The van der Waals surface area contributed by atoms with Gasteiger partial charge in [-0.15, -0.1) is 22.7 Å². The van der Waals surface area contributed by atoms with E-state index in [2.05, 4.69) is 118 Å². The number of hydrogen-bond donors (Lipinski definition) is 4. The molecule has 1 unspecified atom stereocenters. The average Bonchev–Trinajstić information content (AvgIpc) is 1.62. The standard InChI is InChI=1S/C26H37N7O2S.C25H35N7O2S.C25H34N6O2S.C24H32N6O2S/c1-17(2)24-23-25(28-20-3-5-21(6-4-20)32-7-9-34-10-8-32)29-22(30-26(23)36-31-24)11-18-12-27-33(13-18)14-19-15-35-16-19;1-31-16-17(15-26-31)14-21-28-24(22-23(30-35-25(22)29-21)18-6-10-33-11-7-18)27-19-2-4-20(5-3-19)32-8-12-34-13-9-32;1-17-16-34-25-23(17)24(27-19-2-4-20(5-3-19)30-7-10-32-11-8-30)28-22(29-25)12-18-13-26-31(14-18)21-6-9-33-15-21;1-16-15-33-24-22(16)23(26-18-2-4-19(5-3-18)29-6-8-31-9-7-29)27-21(28-24)10-17-11-25-30(12-17)20-13-32-14-20/h12-13,17,19-21H,3-11,14-16H2,1-2H3,(H,28,29,30);15-16,18-20H,2-14H2,1H3,(H,27,28,29);13-14,16,19-21H,2-12,15H2,1H3,(H,27,28,29);11-12,15,18-20H,2-10,13-14H2,1H3,(H,26,27,28). The van der Waals surface area contributed by atoms with Crippen molar-refractivity contribution >= 4 is 110 Å². The van der Waals surface area contributed by atoms with Crippen LogP contribution in [-0.4, -0.2) is 314 Å². The monoisotopic (exact) mass is 1960 g/mol. The number of aryl methyl sites for hydroxylation is 3. The van der Waals surface area contributed by atoms with Gasteiger partial charge in [0.25, 0.3) is 0 Å². The molecule has 12 aromatic rings. The fourth-order valence-corrected chi connectivity index (χ4v) is 26.0. The fraction of sp³-hybridized carbons (Fsp3) is 0.660. The van der Waals surface area contributed by atoms with Crippen LogP contribution in [-0.2, 0) is 77.2 Å². The van der Waals surface area contributed by atoms with Crippen LogP contribution in [0.2, 0.25) is 0 Å². The maximum Gasteiger partial charge on any atom is 0.149 e. The van der Waals surface area contributed by atoms with Crippen molar-refractivity contribution in [2.45, 2.75) is 254 Å². The first kappa shape index (κ1) is 95.7. The van der Waals surface area contributed by atoms with Crippen LogP contribution >= 0.6 is 45.7 Å². The normalized spacial score (nSPS) is 24.9. The Balaban J connectivity index is 0.000000110. The van der Waals surface area contributed by atoms with Gasteiger partial charge in [0.05, 0.1) is 156 Å². The molecule has 1 atom stereocenters. The third kappa shape index (κ3) is 23.6. The summed E-state index contributed by atoms with van der Waals surface area (Å²) in [6, 6.07) is 5.28. The van der Waals surface area contributed by atoms with Crippen LogP contribution in [0.25, 0.3) is 40.9 Å². The second kappa shape index (κ2) is 45.5. The van der Waals surface area contributed by atoms with Gasteiger partial charge < -0.3 is 59.2 Å². The highest BCUT2D eigenvalue weighted by Gasteiger charge is 2.36. The van der Waals surface area contributed by atoms with E-state index in [9.17, 15) is 0 Å². The number of ether oxygens (including phenoxy) is 8. The first-order valence-electron chi connectivity index (χ1n) is 51.3. The molecule has 12 aromatic heterocycles. The summed E-state index contributed by atoms with van der Waals surface area (Å²) in [7, 11) is 1.94. The van der Waals surface area contributed by atoms with Crippen molar-refractivity contribution < 1.29 is 37.9 Å². The number of morpholine rings is 4. The largest absolute Gasteiger partial charge is 0.381 e. The first-order valence-corrected chi connectivity index (χ1v) is 54.6. The fourth-order valence-electron chi connectivity index (χ4n) is 22.3. The zero-order valence-corrected chi connectivity index (χ0v) is 84.2. The topological polar surface area (TPSA) is 335 Å². The van der Waals surface area contributed by atoms with Crippen LogP contribution in [0.3, 0.4) is 0 Å². The highest BCUT2D eigenvalue weighted by atomic mass is 32.1. The number of fused-ring (bicyclic) bond motifs is 4. The van der Waals surface area contributed by atoms with Gasteiger partial charge >= 0.3 is 0 Å². The number of nitrogens with one attached hydrogen (secondary N) is 4. The minimum atomic E-state index is 0.333. The van der Waals surface area contributed by atoms with Gasteiger partial charge in [-0.1, -0.05) is 13.8 Å². The molecule has 12 aliphatic rings. The number of hydrogen-bond acceptors (Lipinski definition) is 34. The molecule has 24 rings (SSSR count). The van der Waals surface area contributed by atoms with Crippen molar-refractivity contribution in [2.75, 3.05) is 179 Å². The van der Waals surface area contributed by atoms with Gasteiger partial charge in [-0.25, -0.2) is 39.9 Å². The zero-order chi connectivity index (χ0) is 93.2. The molecule has 4 N–H and O–H groups in total. The summed E-state index contributed by atoms with van der Waals surface area (Å²) >= 11 is 6.43. The molecule has 4 aliphatic carbocycles. The molecular formula is C100H138N26O8S4. The molecule has 740 valence electrons. The van der Waals surface area contributed by atoms with E-state index in [4.69, 9.17) is 86.5 Å². The van der Waals surface area contributed by atoms with Gasteiger partial charge in [0.15, 0.2) is 0 Å². The number of anilines is 4. The predicted molar refractivity (Wildman–Crippen MR) is 540 cm³/mol. The molecule has 0 amide bonds. The van der Waals surface area contributed by atoms with Crippen molar-refractivity contribution in [2.24, 2.45) is 13.0 Å². The van der Waals surface area contributed by atoms with E-state index in [1.807, 2.05) is 56.8 Å². The number of nitrogens with zero attached hydrogens (tertiary/aromatic N) is 22. The molecule has 38 heteroatoms. The third-order valence-electron chi connectivity index (χ3n) is 30.3. The summed E-state index contributed by atoms with van der Waals surface area (Å²) < 4.78 is 61.5. The number of aromatic nitrogens is 18. The molecular weight excluding hydrogens is 1820 g/mol. The Labute approximate surface area is 824 Å². The van der Waals surface area contributed by atoms with Crippen LogP contribution < -0.4 is 21.3 Å². The molecule has 0 spiro atoms. The summed E-state index contributed by atoms with van der Waals surface area (Å²) in [5, 5.41) is 42.3. The molecule has 8 aliphatic heterocycles. The predicted octanol–water partition coefficient (Wildman–Crippen LogP) is 14.3. The molecule has 4 saturated carbocycles. The minimum Gasteiger partial charge on any atom is -0.381 e. The van der Waals surface area contributed by atoms with Crippen LogP contribution in [0.1, 0.15) is 228 Å². The SMILES string of the molecule is CC(C)c1nsc2nc(Cc3cnn(CC4COC4)c3)nc(NC3CCC(N4CCOCC4)CC3)c12.Cc1csc2nc(Cc3cnn(C4CCOC4)c3)nc(NC3CCC(N4CCOCC4)CC3)c12.Cc1csc2nc(Cc3cnn(C4COC4)c3)nc(NC3CCC(N4CCOCC4)CC3)c12.Cn1cc(Cc2nc(NC3CCC(N4CCOCC4)CC3)c3c(C4CCOCC4)nsc3n2)cn1. The Morgan fingerprint density at radius 3 is 1.12 bits per heavy atom. The molecule has 0 aromatic carbocycles. The second-order valence-corrected chi connectivity index (χ2v) is 43.7. The van der Waals surface area contributed by atoms with Crippen LogP contribution in [0.15, 0.2) is 60.3 Å². The maximum absolute atomic E-state index is 5.62. The van der Waals surface area contributed by atoms with Crippen LogP contribution in [0.5, 0.6) is 0 Å². The quantitative estimate of drug-likeness (QED) is 0.0391. The van der Waals surface area contributed by atoms with E-state index >= 15 is 0 Å². The van der Waals surface area contributed by atoms with E-state index < -0.39 is 0 Å². The van der Waals surface area contributed by atoms with Gasteiger partial charge in [-0.05, 0) is 209 Å². The average molecular weight is 1960 g/mol. The van der Waals surface area contributed by atoms with Crippen molar-refractivity contribution in [3.63, 3.8) is 0 Å². The Morgan fingerprint density at radius 2 is 0.717 bits per heavy atom. The lowest BCUT2D eigenvalue weighted by Gasteiger charge is -2.39. The van der Waals surface area contributed by atoms with Gasteiger partial charge in [-0.2, -0.15) is 29.1 Å². The zero-order valence-electron chi connectivity index (χ0n) is 81.0. The van der Waals surface area contributed by atoms with E-state index in [0.29, 0.717) is 104 Å². The summed E-state index contributed by atoms with van der Waals surface area (Å²) in [4.78, 5) is 54.5. The third-order valence-corrected chi connectivity index (χ3v) is 33.8. The van der Waals surface area contributed by atoms with Gasteiger partial charge in [0.2, 0.25) is 0 Å². The molecule has 20 heterocycles. The lowest BCUT2D eigenvalue weighted by molar-refractivity contribution is -0.0408. The summed E-state index contributed by atoms with van der Waals surface area (Å²) in [5.41, 5.74) is 9.32. The summed E-state index contributed by atoms with van der Waals surface area (Å²) in [6.07, 6.45) is 41.2. The van der Waals surface area contributed by atoms with Gasteiger partial charge in [0.1, 0.15) is 65.9 Å².